The molecule has 2 atom stereocenters. The van der Waals surface area contributed by atoms with E-state index in [2.05, 4.69) is 37.2 Å². The van der Waals surface area contributed by atoms with Crippen molar-refractivity contribution in [2.24, 2.45) is 0 Å². The fourth-order valence-electron chi connectivity index (χ4n) is 1.88. The van der Waals surface area contributed by atoms with E-state index in [4.69, 9.17) is 9.15 Å². The number of hydrogen-bond acceptors (Lipinski definition) is 4. The summed E-state index contributed by atoms with van der Waals surface area (Å²) in [6.45, 7) is 3.61. The zero-order valence-electron chi connectivity index (χ0n) is 9.50. The molecule has 0 saturated carbocycles. The molecule has 6 heteroatoms. The smallest absolute Gasteiger partial charge is 0.183 e. The van der Waals surface area contributed by atoms with Crippen molar-refractivity contribution in [1.29, 1.82) is 0 Å². The Kier molecular flexibility index (Phi) is 4.31. The van der Waals surface area contributed by atoms with Gasteiger partial charge in [0.2, 0.25) is 0 Å². The van der Waals surface area contributed by atoms with Gasteiger partial charge in [0.15, 0.2) is 4.67 Å². The van der Waals surface area contributed by atoms with Gasteiger partial charge < -0.3 is 19.6 Å². The number of furan rings is 1. The van der Waals surface area contributed by atoms with Crippen LogP contribution in [0.5, 0.6) is 0 Å². The summed E-state index contributed by atoms with van der Waals surface area (Å²) in [6, 6.07) is 1.90. The molecule has 2 rings (SSSR count). The van der Waals surface area contributed by atoms with E-state index >= 15 is 0 Å². The van der Waals surface area contributed by atoms with Gasteiger partial charge in [0.1, 0.15) is 11.4 Å². The van der Waals surface area contributed by atoms with E-state index < -0.39 is 5.60 Å². The van der Waals surface area contributed by atoms with Gasteiger partial charge in [0.05, 0.1) is 17.1 Å². The standard InChI is InChI=1S/C11H15Br2NO3/c1-7-11(15,2-3-16-7)6-14-5-8-4-9(12)10(13)17-8/h4,7,14-15H,2-3,5-6H2,1H3. The summed E-state index contributed by atoms with van der Waals surface area (Å²) >= 11 is 6.64. The van der Waals surface area contributed by atoms with Gasteiger partial charge in [-0.15, -0.1) is 0 Å². The summed E-state index contributed by atoms with van der Waals surface area (Å²) in [5.74, 6) is 0.818. The minimum absolute atomic E-state index is 0.120. The van der Waals surface area contributed by atoms with E-state index in [0.717, 1.165) is 10.2 Å². The van der Waals surface area contributed by atoms with Crippen LogP contribution < -0.4 is 5.32 Å². The van der Waals surface area contributed by atoms with Crippen molar-refractivity contribution >= 4 is 31.9 Å². The molecule has 1 fully saturated rings. The maximum Gasteiger partial charge on any atom is 0.183 e. The van der Waals surface area contributed by atoms with E-state index in [1.807, 2.05) is 13.0 Å². The Bertz CT molecular complexity index is 377. The van der Waals surface area contributed by atoms with E-state index in [1.165, 1.54) is 0 Å². The lowest BCUT2D eigenvalue weighted by Crippen LogP contribution is -2.45. The van der Waals surface area contributed by atoms with Crippen molar-refractivity contribution in [1.82, 2.24) is 5.32 Å². The molecule has 0 spiro atoms. The third kappa shape index (κ3) is 3.12. The Morgan fingerprint density at radius 2 is 2.35 bits per heavy atom. The van der Waals surface area contributed by atoms with Crippen molar-refractivity contribution in [3.8, 4) is 0 Å². The largest absolute Gasteiger partial charge is 0.452 e. The second-order valence-electron chi connectivity index (χ2n) is 4.30. The van der Waals surface area contributed by atoms with Gasteiger partial charge >= 0.3 is 0 Å². The van der Waals surface area contributed by atoms with Gasteiger partial charge in [-0.2, -0.15) is 0 Å². The Morgan fingerprint density at radius 3 is 2.88 bits per heavy atom. The molecule has 17 heavy (non-hydrogen) atoms. The highest BCUT2D eigenvalue weighted by Crippen LogP contribution is 2.27. The summed E-state index contributed by atoms with van der Waals surface area (Å²) < 4.78 is 12.4. The second-order valence-corrected chi connectivity index (χ2v) is 5.88. The predicted molar refractivity (Wildman–Crippen MR) is 70.8 cm³/mol. The van der Waals surface area contributed by atoms with Crippen LogP contribution in [0.2, 0.25) is 0 Å². The number of ether oxygens (including phenoxy) is 1. The number of halogens is 2. The molecule has 2 N–H and O–H groups in total. The summed E-state index contributed by atoms with van der Waals surface area (Å²) in [4.78, 5) is 0. The number of hydrogen-bond donors (Lipinski definition) is 2. The van der Waals surface area contributed by atoms with E-state index in [-0.39, 0.29) is 6.10 Å². The van der Waals surface area contributed by atoms with E-state index in [1.54, 1.807) is 0 Å². The third-order valence-electron chi connectivity index (χ3n) is 3.09. The van der Waals surface area contributed by atoms with E-state index in [0.29, 0.717) is 30.8 Å². The number of nitrogens with one attached hydrogen (secondary N) is 1. The first-order valence-corrected chi connectivity index (χ1v) is 7.08. The molecule has 1 aliphatic heterocycles. The van der Waals surface area contributed by atoms with Crippen LogP contribution in [0.15, 0.2) is 19.6 Å². The lowest BCUT2D eigenvalue weighted by atomic mass is 9.97. The molecule has 96 valence electrons. The summed E-state index contributed by atoms with van der Waals surface area (Å²) in [5, 5.41) is 13.5. The Morgan fingerprint density at radius 1 is 1.59 bits per heavy atom. The van der Waals surface area contributed by atoms with Crippen LogP contribution >= 0.6 is 31.9 Å². The molecule has 0 radical (unpaired) electrons. The third-order valence-corrected chi connectivity index (χ3v) is 4.80. The van der Waals surface area contributed by atoms with Gasteiger partial charge in [-0.1, -0.05) is 0 Å². The average molecular weight is 369 g/mol. The summed E-state index contributed by atoms with van der Waals surface area (Å²) in [5.41, 5.74) is -0.763. The quantitative estimate of drug-likeness (QED) is 0.856. The molecule has 1 aliphatic rings. The normalized spacial score (nSPS) is 28.8. The van der Waals surface area contributed by atoms with Crippen LogP contribution in [0.3, 0.4) is 0 Å². The maximum atomic E-state index is 10.3. The van der Waals surface area contributed by atoms with Gasteiger partial charge in [-0.3, -0.25) is 0 Å². The molecule has 2 heterocycles. The molecule has 4 nitrogen and oxygen atoms in total. The highest BCUT2D eigenvalue weighted by atomic mass is 79.9. The van der Waals surface area contributed by atoms with Crippen LogP contribution in [0.1, 0.15) is 19.1 Å². The molecule has 2 unspecified atom stereocenters. The summed E-state index contributed by atoms with van der Waals surface area (Å²) in [6.07, 6.45) is 0.553. The minimum atomic E-state index is -0.763. The van der Waals surface area contributed by atoms with Gasteiger partial charge in [0, 0.05) is 19.6 Å². The van der Waals surface area contributed by atoms with Crippen molar-refractivity contribution in [2.75, 3.05) is 13.2 Å². The van der Waals surface area contributed by atoms with Crippen LogP contribution in [0.4, 0.5) is 0 Å². The zero-order valence-corrected chi connectivity index (χ0v) is 12.7. The molecule has 0 bridgehead atoms. The first-order chi connectivity index (χ1) is 8.01. The SMILES string of the molecule is CC1OCCC1(O)CNCc1cc(Br)c(Br)o1. The van der Waals surface area contributed by atoms with Crippen molar-refractivity contribution < 1.29 is 14.3 Å². The van der Waals surface area contributed by atoms with Crippen molar-refractivity contribution in [2.45, 2.75) is 31.6 Å². The van der Waals surface area contributed by atoms with Crippen LogP contribution in [-0.2, 0) is 11.3 Å². The zero-order chi connectivity index (χ0) is 12.5. The molecule has 0 aliphatic carbocycles. The molecular weight excluding hydrogens is 354 g/mol. The van der Waals surface area contributed by atoms with Crippen LogP contribution in [0.25, 0.3) is 0 Å². The molecule has 1 aromatic rings. The van der Waals surface area contributed by atoms with Gasteiger partial charge in [-0.25, -0.2) is 0 Å². The highest BCUT2D eigenvalue weighted by Gasteiger charge is 2.38. The van der Waals surface area contributed by atoms with Crippen molar-refractivity contribution in [3.05, 3.63) is 21.0 Å². The minimum Gasteiger partial charge on any atom is -0.452 e. The Labute approximate surface area is 117 Å². The maximum absolute atomic E-state index is 10.3. The fourth-order valence-corrected chi connectivity index (χ4v) is 2.54. The monoisotopic (exact) mass is 367 g/mol. The number of rotatable bonds is 4. The average Bonchev–Trinajstić information content (AvgIpc) is 2.74. The second kappa shape index (κ2) is 5.40. The molecule has 0 aromatic carbocycles. The van der Waals surface area contributed by atoms with Crippen molar-refractivity contribution in [3.63, 3.8) is 0 Å². The lowest BCUT2D eigenvalue weighted by molar-refractivity contribution is -0.0264. The first-order valence-electron chi connectivity index (χ1n) is 5.50. The van der Waals surface area contributed by atoms with Crippen LogP contribution in [0, 0.1) is 0 Å². The fraction of sp³-hybridized carbons (Fsp3) is 0.636. The predicted octanol–water partition coefficient (Wildman–Crippen LogP) is 2.43. The molecule has 1 aromatic heterocycles. The van der Waals surface area contributed by atoms with E-state index in [9.17, 15) is 5.11 Å². The van der Waals surface area contributed by atoms with Gasteiger partial charge in [-0.05, 0) is 44.8 Å². The molecular formula is C11H15Br2NO3. The highest BCUT2D eigenvalue weighted by molar-refractivity contribution is 9.13. The number of aliphatic hydroxyl groups is 1. The Hall–Kier alpha value is 0.120. The molecule has 0 amide bonds. The van der Waals surface area contributed by atoms with Gasteiger partial charge in [0.25, 0.3) is 0 Å². The van der Waals surface area contributed by atoms with Crippen LogP contribution in [-0.4, -0.2) is 30.0 Å². The Balaban J connectivity index is 1.83. The first kappa shape index (κ1) is 13.5. The topological polar surface area (TPSA) is 54.6 Å². The molecule has 1 saturated heterocycles. The lowest BCUT2D eigenvalue weighted by Gasteiger charge is -2.26. The summed E-state index contributed by atoms with van der Waals surface area (Å²) in [7, 11) is 0.